The van der Waals surface area contributed by atoms with Crippen molar-refractivity contribution in [3.63, 3.8) is 0 Å². The third-order valence-corrected chi connectivity index (χ3v) is 6.59. The average Bonchev–Trinajstić information content (AvgIpc) is 3.03. The van der Waals surface area contributed by atoms with Crippen LogP contribution in [0.25, 0.3) is 11.3 Å². The standard InChI is InChI=1S/C23H24FN5O/c1-27-15-23(17-5-3-4-6-20(17)27)8-11-29(12-9-23)22-26-19(13-21(30)28(22)2)16-7-10-25-14-18(16)24/h3-7,10,13-14H,8-9,11-12,15H2,1-2H3. The number of aromatic nitrogens is 3. The molecular formula is C23H24FN5O. The fourth-order valence-electron chi connectivity index (χ4n) is 4.97. The van der Waals surface area contributed by atoms with Crippen molar-refractivity contribution in [2.45, 2.75) is 18.3 Å². The zero-order valence-corrected chi connectivity index (χ0v) is 17.2. The van der Waals surface area contributed by atoms with Crippen LogP contribution in [0.2, 0.25) is 0 Å². The Bertz CT molecular complexity index is 1170. The summed E-state index contributed by atoms with van der Waals surface area (Å²) in [4.78, 5) is 25.5. The maximum atomic E-state index is 14.2. The van der Waals surface area contributed by atoms with Gasteiger partial charge in [-0.3, -0.25) is 14.3 Å². The maximum absolute atomic E-state index is 14.2. The van der Waals surface area contributed by atoms with Crippen LogP contribution < -0.4 is 15.4 Å². The van der Waals surface area contributed by atoms with Gasteiger partial charge in [0.15, 0.2) is 5.82 Å². The molecule has 7 heteroatoms. The summed E-state index contributed by atoms with van der Waals surface area (Å²) in [6.07, 6.45) is 4.62. The van der Waals surface area contributed by atoms with Gasteiger partial charge in [-0.2, -0.15) is 0 Å². The number of benzene rings is 1. The van der Waals surface area contributed by atoms with E-state index in [0.29, 0.717) is 17.2 Å². The number of para-hydroxylation sites is 1. The molecule has 3 aromatic rings. The summed E-state index contributed by atoms with van der Waals surface area (Å²) >= 11 is 0. The Hall–Kier alpha value is -3.22. The fraction of sp³-hybridized carbons (Fsp3) is 0.348. The molecule has 0 bridgehead atoms. The van der Waals surface area contributed by atoms with E-state index >= 15 is 0 Å². The highest BCUT2D eigenvalue weighted by molar-refractivity contribution is 5.63. The van der Waals surface area contributed by atoms with Gasteiger partial charge in [0, 0.05) is 62.7 Å². The summed E-state index contributed by atoms with van der Waals surface area (Å²) in [6, 6.07) is 11.6. The van der Waals surface area contributed by atoms with Crippen LogP contribution in [0.5, 0.6) is 0 Å². The van der Waals surface area contributed by atoms with Crippen molar-refractivity contribution in [1.82, 2.24) is 14.5 Å². The van der Waals surface area contributed by atoms with Crippen LogP contribution in [-0.2, 0) is 12.5 Å². The fourth-order valence-corrected chi connectivity index (χ4v) is 4.97. The van der Waals surface area contributed by atoms with Crippen molar-refractivity contribution >= 4 is 11.6 Å². The number of pyridine rings is 1. The Morgan fingerprint density at radius 3 is 2.63 bits per heavy atom. The van der Waals surface area contributed by atoms with E-state index in [0.717, 1.165) is 38.7 Å². The topological polar surface area (TPSA) is 54.3 Å². The molecule has 0 aliphatic carbocycles. The van der Waals surface area contributed by atoms with Crippen molar-refractivity contribution in [2.24, 2.45) is 7.05 Å². The van der Waals surface area contributed by atoms with Gasteiger partial charge >= 0.3 is 0 Å². The van der Waals surface area contributed by atoms with Crippen molar-refractivity contribution in [1.29, 1.82) is 0 Å². The second-order valence-electron chi connectivity index (χ2n) is 8.33. The van der Waals surface area contributed by atoms with Gasteiger partial charge in [0.2, 0.25) is 5.95 Å². The van der Waals surface area contributed by atoms with E-state index in [-0.39, 0.29) is 11.0 Å². The largest absolute Gasteiger partial charge is 0.373 e. The van der Waals surface area contributed by atoms with Crippen LogP contribution in [0.4, 0.5) is 16.0 Å². The lowest BCUT2D eigenvalue weighted by atomic mass is 9.74. The molecule has 0 N–H and O–H groups in total. The average molecular weight is 405 g/mol. The monoisotopic (exact) mass is 405 g/mol. The van der Waals surface area contributed by atoms with Crippen molar-refractivity contribution < 1.29 is 4.39 Å². The molecule has 1 fully saturated rings. The molecule has 0 radical (unpaired) electrons. The molecule has 5 rings (SSSR count). The molecule has 1 saturated heterocycles. The number of fused-ring (bicyclic) bond motifs is 2. The molecule has 154 valence electrons. The second-order valence-corrected chi connectivity index (χ2v) is 8.33. The lowest BCUT2D eigenvalue weighted by Crippen LogP contribution is -2.46. The number of nitrogens with zero attached hydrogens (tertiary/aromatic N) is 5. The van der Waals surface area contributed by atoms with Gasteiger partial charge < -0.3 is 9.80 Å². The number of anilines is 2. The molecule has 1 aromatic carbocycles. The zero-order chi connectivity index (χ0) is 20.9. The van der Waals surface area contributed by atoms with Crippen molar-refractivity contribution in [3.8, 4) is 11.3 Å². The van der Waals surface area contributed by atoms with Gasteiger partial charge in [0.25, 0.3) is 5.56 Å². The first-order valence-electron chi connectivity index (χ1n) is 10.2. The van der Waals surface area contributed by atoms with Crippen LogP contribution in [0, 0.1) is 5.82 Å². The quantitative estimate of drug-likeness (QED) is 0.656. The second kappa shape index (κ2) is 6.93. The number of hydrogen-bond donors (Lipinski definition) is 0. The van der Waals surface area contributed by atoms with Crippen LogP contribution in [-0.4, -0.2) is 41.2 Å². The number of hydrogen-bond acceptors (Lipinski definition) is 5. The highest BCUT2D eigenvalue weighted by Gasteiger charge is 2.43. The first-order valence-corrected chi connectivity index (χ1v) is 10.2. The molecular weight excluding hydrogens is 381 g/mol. The highest BCUT2D eigenvalue weighted by Crippen LogP contribution is 2.46. The van der Waals surface area contributed by atoms with E-state index < -0.39 is 5.82 Å². The first kappa shape index (κ1) is 18.8. The highest BCUT2D eigenvalue weighted by atomic mass is 19.1. The summed E-state index contributed by atoms with van der Waals surface area (Å²) in [7, 11) is 3.87. The third-order valence-electron chi connectivity index (χ3n) is 6.59. The van der Waals surface area contributed by atoms with Gasteiger partial charge in [-0.15, -0.1) is 0 Å². The number of likely N-dealkylation sites (N-methyl/N-ethyl adjacent to an activating group) is 1. The minimum absolute atomic E-state index is 0.134. The van der Waals surface area contributed by atoms with Crippen molar-refractivity contribution in [3.05, 3.63) is 70.5 Å². The van der Waals surface area contributed by atoms with Gasteiger partial charge in [-0.25, -0.2) is 9.37 Å². The molecule has 30 heavy (non-hydrogen) atoms. The number of rotatable bonds is 2. The summed E-state index contributed by atoms with van der Waals surface area (Å²) in [5.74, 6) is 0.107. The zero-order valence-electron chi connectivity index (χ0n) is 17.2. The third kappa shape index (κ3) is 2.88. The Morgan fingerprint density at radius 1 is 1.10 bits per heavy atom. The molecule has 0 unspecified atom stereocenters. The van der Waals surface area contributed by atoms with Gasteiger partial charge in [0.1, 0.15) is 0 Å². The molecule has 0 amide bonds. The van der Waals surface area contributed by atoms with E-state index in [1.807, 2.05) is 0 Å². The van der Waals surface area contributed by atoms with E-state index in [1.165, 1.54) is 23.5 Å². The van der Waals surface area contributed by atoms with E-state index in [2.05, 4.69) is 51.1 Å². The summed E-state index contributed by atoms with van der Waals surface area (Å²) in [5, 5.41) is 0. The minimum atomic E-state index is -0.479. The summed E-state index contributed by atoms with van der Waals surface area (Å²) in [5.41, 5.74) is 3.31. The lowest BCUT2D eigenvalue weighted by Gasteiger charge is -2.40. The minimum Gasteiger partial charge on any atom is -0.373 e. The van der Waals surface area contributed by atoms with Crippen LogP contribution >= 0.6 is 0 Å². The van der Waals surface area contributed by atoms with Crippen LogP contribution in [0.15, 0.2) is 53.6 Å². The number of piperidine rings is 1. The summed E-state index contributed by atoms with van der Waals surface area (Å²) in [6.45, 7) is 2.60. The Labute approximate surface area is 174 Å². The predicted molar refractivity (Wildman–Crippen MR) is 116 cm³/mol. The molecule has 4 heterocycles. The van der Waals surface area contributed by atoms with Gasteiger partial charge in [0.05, 0.1) is 11.9 Å². The van der Waals surface area contributed by atoms with E-state index in [9.17, 15) is 9.18 Å². The Kier molecular flexibility index (Phi) is 4.34. The lowest BCUT2D eigenvalue weighted by molar-refractivity contribution is 0.349. The van der Waals surface area contributed by atoms with Crippen LogP contribution in [0.1, 0.15) is 18.4 Å². The smallest absolute Gasteiger partial charge is 0.255 e. The molecule has 2 aliphatic heterocycles. The molecule has 0 atom stereocenters. The van der Waals surface area contributed by atoms with E-state index in [1.54, 1.807) is 17.7 Å². The first-order chi connectivity index (χ1) is 14.5. The van der Waals surface area contributed by atoms with Gasteiger partial charge in [-0.05, 0) is 30.5 Å². The SMILES string of the molecule is CN1CC2(CCN(c3nc(-c4ccncc4F)cc(=O)n3C)CC2)c2ccccc21. The molecule has 2 aromatic heterocycles. The normalized spacial score (nSPS) is 17.4. The molecule has 6 nitrogen and oxygen atoms in total. The predicted octanol–water partition coefficient (Wildman–Crippen LogP) is 2.97. The molecule has 0 saturated carbocycles. The molecule has 1 spiro atoms. The number of halogens is 1. The Balaban J connectivity index is 1.46. The molecule has 2 aliphatic rings. The van der Waals surface area contributed by atoms with Gasteiger partial charge in [-0.1, -0.05) is 18.2 Å². The van der Waals surface area contributed by atoms with E-state index in [4.69, 9.17) is 0 Å². The maximum Gasteiger partial charge on any atom is 0.255 e. The Morgan fingerprint density at radius 2 is 1.87 bits per heavy atom. The van der Waals surface area contributed by atoms with Crippen LogP contribution in [0.3, 0.4) is 0 Å². The van der Waals surface area contributed by atoms with Crippen molar-refractivity contribution in [2.75, 3.05) is 36.5 Å². The summed E-state index contributed by atoms with van der Waals surface area (Å²) < 4.78 is 15.8.